The van der Waals surface area contributed by atoms with Gasteiger partial charge in [0.1, 0.15) is 0 Å². The van der Waals surface area contributed by atoms with Crippen molar-refractivity contribution in [3.05, 3.63) is 11.9 Å². The molecule has 1 amide bonds. The van der Waals surface area contributed by atoms with Gasteiger partial charge in [-0.05, 0) is 19.8 Å². The smallest absolute Gasteiger partial charge is 0.358 e. The molecule has 3 N–H and O–H groups in total. The molecule has 8 heteroatoms. The second-order valence-electron chi connectivity index (χ2n) is 4.63. The summed E-state index contributed by atoms with van der Waals surface area (Å²) in [6.07, 6.45) is 3.49. The highest BCUT2D eigenvalue weighted by Gasteiger charge is 2.25. The predicted octanol–water partition coefficient (Wildman–Crippen LogP) is -0.767. The van der Waals surface area contributed by atoms with Crippen LogP contribution in [0.4, 0.5) is 0 Å². The van der Waals surface area contributed by atoms with E-state index in [0.717, 1.165) is 12.8 Å². The van der Waals surface area contributed by atoms with Crippen molar-refractivity contribution in [3.63, 3.8) is 0 Å². The van der Waals surface area contributed by atoms with Crippen molar-refractivity contribution in [1.82, 2.24) is 25.6 Å². The molecule has 0 saturated heterocycles. The molecule has 104 valence electrons. The third-order valence-corrected chi connectivity index (χ3v) is 2.87. The normalized spacial score (nSPS) is 16.1. The Hall–Kier alpha value is -1.96. The van der Waals surface area contributed by atoms with Crippen LogP contribution in [0.25, 0.3) is 0 Å². The minimum absolute atomic E-state index is 0.00712. The van der Waals surface area contributed by atoms with Crippen molar-refractivity contribution in [2.24, 2.45) is 0 Å². The van der Waals surface area contributed by atoms with E-state index in [1.165, 1.54) is 10.9 Å². The van der Waals surface area contributed by atoms with Crippen molar-refractivity contribution in [3.8, 4) is 0 Å². The van der Waals surface area contributed by atoms with Crippen LogP contribution in [0.2, 0.25) is 0 Å². The lowest BCUT2D eigenvalue weighted by Gasteiger charge is -2.13. The van der Waals surface area contributed by atoms with Crippen LogP contribution in [0.3, 0.4) is 0 Å². The molecule has 0 bridgehead atoms. The Bertz CT molecular complexity index is 469. The van der Waals surface area contributed by atoms with Gasteiger partial charge in [-0.2, -0.15) is 0 Å². The second kappa shape index (κ2) is 5.79. The number of nitrogens with zero attached hydrogens (tertiary/aromatic N) is 3. The van der Waals surface area contributed by atoms with E-state index in [0.29, 0.717) is 19.1 Å². The number of carbonyl (C=O) groups is 2. The molecule has 0 aliphatic heterocycles. The Morgan fingerprint density at radius 3 is 2.89 bits per heavy atom. The Morgan fingerprint density at radius 2 is 2.32 bits per heavy atom. The zero-order chi connectivity index (χ0) is 13.8. The number of hydrogen-bond donors (Lipinski definition) is 3. The Morgan fingerprint density at radius 1 is 1.58 bits per heavy atom. The van der Waals surface area contributed by atoms with Gasteiger partial charge in [0.15, 0.2) is 5.69 Å². The molecule has 1 heterocycles. The minimum atomic E-state index is -1.10. The van der Waals surface area contributed by atoms with Crippen molar-refractivity contribution in [1.29, 1.82) is 0 Å². The van der Waals surface area contributed by atoms with Gasteiger partial charge in [0.05, 0.1) is 18.8 Å². The summed E-state index contributed by atoms with van der Waals surface area (Å²) in [5.41, 5.74) is -0.0838. The van der Waals surface area contributed by atoms with E-state index in [2.05, 4.69) is 20.9 Å². The molecular formula is C11H17N5O3. The zero-order valence-corrected chi connectivity index (χ0v) is 10.7. The average Bonchev–Trinajstić information content (AvgIpc) is 3.04. The fourth-order valence-electron chi connectivity index (χ4n) is 1.55. The molecule has 8 nitrogen and oxygen atoms in total. The molecule has 0 aromatic carbocycles. The van der Waals surface area contributed by atoms with Gasteiger partial charge in [-0.3, -0.25) is 9.48 Å². The number of carboxylic acids is 1. The zero-order valence-electron chi connectivity index (χ0n) is 10.7. The summed E-state index contributed by atoms with van der Waals surface area (Å²) in [5.74, 6) is -1.11. The summed E-state index contributed by atoms with van der Waals surface area (Å²) in [6, 6.07) is 0.0771. The molecule has 1 aliphatic carbocycles. The lowest BCUT2D eigenvalue weighted by atomic mass is 10.3. The van der Waals surface area contributed by atoms with Crippen LogP contribution in [-0.2, 0) is 11.3 Å². The fourth-order valence-corrected chi connectivity index (χ4v) is 1.55. The number of carbonyl (C=O) groups excluding carboxylic acids is 1. The number of aromatic carboxylic acids is 1. The molecule has 1 saturated carbocycles. The lowest BCUT2D eigenvalue weighted by Crippen LogP contribution is -2.44. The van der Waals surface area contributed by atoms with Crippen molar-refractivity contribution >= 4 is 11.9 Å². The Balaban J connectivity index is 1.69. The summed E-state index contributed by atoms with van der Waals surface area (Å²) >= 11 is 0. The van der Waals surface area contributed by atoms with Gasteiger partial charge in [-0.25, -0.2) is 4.79 Å². The van der Waals surface area contributed by atoms with Crippen LogP contribution in [-0.4, -0.2) is 50.6 Å². The second-order valence-corrected chi connectivity index (χ2v) is 4.63. The molecule has 0 radical (unpaired) electrons. The van der Waals surface area contributed by atoms with E-state index in [1.54, 1.807) is 6.92 Å². The molecule has 19 heavy (non-hydrogen) atoms. The van der Waals surface area contributed by atoms with Gasteiger partial charge in [-0.15, -0.1) is 5.10 Å². The SMILES string of the molecule is CC(NCCn1cc(C(=O)O)nn1)C(=O)NC1CC1. The molecule has 1 aromatic heterocycles. The van der Waals surface area contributed by atoms with E-state index in [-0.39, 0.29) is 17.6 Å². The largest absolute Gasteiger partial charge is 0.476 e. The van der Waals surface area contributed by atoms with Crippen LogP contribution in [0.15, 0.2) is 6.20 Å². The average molecular weight is 267 g/mol. The quantitative estimate of drug-likeness (QED) is 0.598. The first-order valence-electron chi connectivity index (χ1n) is 6.23. The fraction of sp³-hybridized carbons (Fsp3) is 0.636. The van der Waals surface area contributed by atoms with Crippen LogP contribution in [0.1, 0.15) is 30.3 Å². The van der Waals surface area contributed by atoms with Crippen molar-refractivity contribution in [2.75, 3.05) is 6.54 Å². The molecular weight excluding hydrogens is 250 g/mol. The standard InChI is InChI=1S/C11H17N5O3/c1-7(10(17)13-8-2-3-8)12-4-5-16-6-9(11(18)19)14-15-16/h6-8,12H,2-5H2,1H3,(H,13,17)(H,18,19). The van der Waals surface area contributed by atoms with Crippen molar-refractivity contribution < 1.29 is 14.7 Å². The highest BCUT2D eigenvalue weighted by atomic mass is 16.4. The molecule has 1 atom stereocenters. The Kier molecular flexibility index (Phi) is 4.10. The van der Waals surface area contributed by atoms with E-state index >= 15 is 0 Å². The lowest BCUT2D eigenvalue weighted by molar-refractivity contribution is -0.122. The van der Waals surface area contributed by atoms with Crippen LogP contribution < -0.4 is 10.6 Å². The molecule has 1 unspecified atom stereocenters. The summed E-state index contributed by atoms with van der Waals surface area (Å²) in [7, 11) is 0. The highest BCUT2D eigenvalue weighted by molar-refractivity contribution is 5.84. The molecule has 2 rings (SSSR count). The predicted molar refractivity (Wildman–Crippen MR) is 65.6 cm³/mol. The summed E-state index contributed by atoms with van der Waals surface area (Å²) in [4.78, 5) is 22.3. The van der Waals surface area contributed by atoms with Crippen LogP contribution >= 0.6 is 0 Å². The summed E-state index contributed by atoms with van der Waals surface area (Å²) in [6.45, 7) is 2.77. The van der Waals surface area contributed by atoms with E-state index in [4.69, 9.17) is 5.11 Å². The highest BCUT2D eigenvalue weighted by Crippen LogP contribution is 2.18. The Labute approximate surface area is 110 Å². The van der Waals surface area contributed by atoms with Gasteiger partial charge in [0, 0.05) is 12.6 Å². The topological polar surface area (TPSA) is 109 Å². The molecule has 1 aromatic rings. The number of amides is 1. The molecule has 1 fully saturated rings. The van der Waals surface area contributed by atoms with Crippen molar-refractivity contribution in [2.45, 2.75) is 38.4 Å². The van der Waals surface area contributed by atoms with Crippen LogP contribution in [0, 0.1) is 0 Å². The maximum Gasteiger partial charge on any atom is 0.358 e. The first kappa shape index (κ1) is 13.5. The van der Waals surface area contributed by atoms with Crippen LogP contribution in [0.5, 0.6) is 0 Å². The first-order chi connectivity index (χ1) is 9.06. The number of nitrogens with one attached hydrogen (secondary N) is 2. The van der Waals surface area contributed by atoms with Gasteiger partial charge in [-0.1, -0.05) is 5.21 Å². The number of aromatic nitrogens is 3. The molecule has 1 aliphatic rings. The first-order valence-corrected chi connectivity index (χ1v) is 6.23. The number of hydrogen-bond acceptors (Lipinski definition) is 5. The monoisotopic (exact) mass is 267 g/mol. The van der Waals surface area contributed by atoms with E-state index in [9.17, 15) is 9.59 Å². The van der Waals surface area contributed by atoms with E-state index in [1.807, 2.05) is 0 Å². The maximum atomic E-state index is 11.6. The van der Waals surface area contributed by atoms with Gasteiger partial charge >= 0.3 is 5.97 Å². The summed E-state index contributed by atoms with van der Waals surface area (Å²) in [5, 5.41) is 21.8. The number of rotatable bonds is 7. The summed E-state index contributed by atoms with van der Waals surface area (Å²) < 4.78 is 1.43. The van der Waals surface area contributed by atoms with Gasteiger partial charge in [0.25, 0.3) is 0 Å². The molecule has 0 spiro atoms. The third-order valence-electron chi connectivity index (χ3n) is 2.87. The minimum Gasteiger partial charge on any atom is -0.476 e. The van der Waals surface area contributed by atoms with Gasteiger partial charge < -0.3 is 15.7 Å². The maximum absolute atomic E-state index is 11.6. The number of carboxylic acid groups (broad SMARTS) is 1. The van der Waals surface area contributed by atoms with Gasteiger partial charge in [0.2, 0.25) is 5.91 Å². The third kappa shape index (κ3) is 4.02. The van der Waals surface area contributed by atoms with E-state index < -0.39 is 5.97 Å².